The van der Waals surface area contributed by atoms with E-state index in [2.05, 4.69) is 5.32 Å². The number of rotatable bonds is 3. The second kappa shape index (κ2) is 4.36. The third-order valence-corrected chi connectivity index (χ3v) is 2.02. The van der Waals surface area contributed by atoms with Gasteiger partial charge in [0.25, 0.3) is 6.43 Å². The summed E-state index contributed by atoms with van der Waals surface area (Å²) in [7, 11) is 0. The van der Waals surface area contributed by atoms with Crippen LogP contribution in [0.1, 0.15) is 6.42 Å². The first-order valence-electron chi connectivity index (χ1n) is 4.09. The van der Waals surface area contributed by atoms with Crippen LogP contribution in [-0.4, -0.2) is 48.2 Å². The number of carbonyl (C=O) groups is 1. The molecule has 0 radical (unpaired) electrons. The van der Waals surface area contributed by atoms with E-state index in [9.17, 15) is 13.6 Å². The van der Waals surface area contributed by atoms with Crippen molar-refractivity contribution >= 4 is 6.09 Å². The van der Waals surface area contributed by atoms with Gasteiger partial charge in [0.05, 0.1) is 6.54 Å². The molecule has 0 aromatic rings. The van der Waals surface area contributed by atoms with Gasteiger partial charge in [0.15, 0.2) is 0 Å². The first-order chi connectivity index (χ1) is 6.09. The molecule has 1 amide bonds. The molecule has 0 bridgehead atoms. The van der Waals surface area contributed by atoms with E-state index in [1.54, 1.807) is 0 Å². The van der Waals surface area contributed by atoms with Crippen molar-refractivity contribution in [3.63, 3.8) is 0 Å². The van der Waals surface area contributed by atoms with Crippen LogP contribution in [0.4, 0.5) is 13.6 Å². The molecule has 1 aliphatic heterocycles. The molecule has 0 aromatic heterocycles. The van der Waals surface area contributed by atoms with E-state index in [4.69, 9.17) is 5.11 Å². The van der Waals surface area contributed by atoms with Crippen LogP contribution in [0.25, 0.3) is 0 Å². The Morgan fingerprint density at radius 2 is 2.38 bits per heavy atom. The highest BCUT2D eigenvalue weighted by Gasteiger charge is 2.25. The molecule has 1 saturated heterocycles. The average molecular weight is 194 g/mol. The molecule has 6 heteroatoms. The highest BCUT2D eigenvalue weighted by molar-refractivity contribution is 5.65. The Morgan fingerprint density at radius 3 is 2.85 bits per heavy atom. The second-order valence-electron chi connectivity index (χ2n) is 3.01. The molecule has 0 saturated carbocycles. The fraction of sp³-hybridized carbons (Fsp3) is 0.857. The third-order valence-electron chi connectivity index (χ3n) is 2.02. The Morgan fingerprint density at radius 1 is 1.69 bits per heavy atom. The van der Waals surface area contributed by atoms with Crippen LogP contribution < -0.4 is 5.32 Å². The quantitative estimate of drug-likeness (QED) is 0.691. The van der Waals surface area contributed by atoms with Gasteiger partial charge in [-0.2, -0.15) is 0 Å². The zero-order chi connectivity index (χ0) is 9.84. The van der Waals surface area contributed by atoms with E-state index in [0.717, 1.165) is 0 Å². The monoisotopic (exact) mass is 194 g/mol. The van der Waals surface area contributed by atoms with E-state index in [0.29, 0.717) is 19.5 Å². The van der Waals surface area contributed by atoms with Crippen LogP contribution in [0, 0.1) is 0 Å². The maximum atomic E-state index is 11.8. The molecule has 1 heterocycles. The van der Waals surface area contributed by atoms with Crippen molar-refractivity contribution in [2.75, 3.05) is 19.6 Å². The van der Waals surface area contributed by atoms with Gasteiger partial charge in [-0.1, -0.05) is 0 Å². The van der Waals surface area contributed by atoms with Gasteiger partial charge in [-0.15, -0.1) is 0 Å². The minimum atomic E-state index is -2.38. The van der Waals surface area contributed by atoms with Crippen LogP contribution >= 0.6 is 0 Å². The summed E-state index contributed by atoms with van der Waals surface area (Å²) in [6, 6.07) is -0.120. The number of nitrogens with zero attached hydrogens (tertiary/aromatic N) is 1. The maximum absolute atomic E-state index is 11.8. The van der Waals surface area contributed by atoms with E-state index in [-0.39, 0.29) is 12.6 Å². The van der Waals surface area contributed by atoms with E-state index in [1.165, 1.54) is 4.90 Å². The van der Waals surface area contributed by atoms with Gasteiger partial charge in [0, 0.05) is 19.1 Å². The molecule has 0 aliphatic carbocycles. The number of hydrogen-bond donors (Lipinski definition) is 2. The van der Waals surface area contributed by atoms with Gasteiger partial charge in [0.1, 0.15) is 0 Å². The number of likely N-dealkylation sites (tertiary alicyclic amines) is 1. The second-order valence-corrected chi connectivity index (χ2v) is 3.01. The minimum absolute atomic E-state index is 0.120. The summed E-state index contributed by atoms with van der Waals surface area (Å²) in [5.74, 6) is 0. The predicted molar refractivity (Wildman–Crippen MR) is 42.0 cm³/mol. The van der Waals surface area contributed by atoms with Crippen molar-refractivity contribution in [1.29, 1.82) is 0 Å². The number of carboxylic acid groups (broad SMARTS) is 1. The van der Waals surface area contributed by atoms with Crippen molar-refractivity contribution in [1.82, 2.24) is 10.2 Å². The van der Waals surface area contributed by atoms with Crippen LogP contribution in [-0.2, 0) is 0 Å². The zero-order valence-electron chi connectivity index (χ0n) is 7.04. The fourth-order valence-corrected chi connectivity index (χ4v) is 1.36. The molecule has 0 unspecified atom stereocenters. The highest BCUT2D eigenvalue weighted by Crippen LogP contribution is 2.09. The molecule has 1 atom stereocenters. The Balaban J connectivity index is 2.21. The van der Waals surface area contributed by atoms with Crippen molar-refractivity contribution in [3.8, 4) is 0 Å². The van der Waals surface area contributed by atoms with Gasteiger partial charge in [-0.25, -0.2) is 13.6 Å². The lowest BCUT2D eigenvalue weighted by molar-refractivity contribution is 0.139. The van der Waals surface area contributed by atoms with Gasteiger partial charge in [-0.05, 0) is 6.42 Å². The van der Waals surface area contributed by atoms with Crippen LogP contribution in [0.15, 0.2) is 0 Å². The first kappa shape index (κ1) is 10.2. The lowest BCUT2D eigenvalue weighted by Gasteiger charge is -2.13. The van der Waals surface area contributed by atoms with Gasteiger partial charge < -0.3 is 15.3 Å². The lowest BCUT2D eigenvalue weighted by Crippen LogP contribution is -2.36. The molecule has 1 fully saturated rings. The molecule has 4 nitrogen and oxygen atoms in total. The van der Waals surface area contributed by atoms with E-state index >= 15 is 0 Å². The molecule has 13 heavy (non-hydrogen) atoms. The molecule has 1 aliphatic rings. The largest absolute Gasteiger partial charge is 0.465 e. The van der Waals surface area contributed by atoms with Crippen molar-refractivity contribution in [2.24, 2.45) is 0 Å². The summed E-state index contributed by atoms with van der Waals surface area (Å²) >= 11 is 0. The minimum Gasteiger partial charge on any atom is -0.465 e. The van der Waals surface area contributed by atoms with Gasteiger partial charge in [-0.3, -0.25) is 0 Å². The van der Waals surface area contributed by atoms with E-state index in [1.807, 2.05) is 0 Å². The van der Waals surface area contributed by atoms with Crippen molar-refractivity contribution < 1.29 is 18.7 Å². The Hall–Kier alpha value is -0.910. The predicted octanol–water partition coefficient (Wildman–Crippen LogP) is 0.593. The summed E-state index contributed by atoms with van der Waals surface area (Å²) in [6.07, 6.45) is -2.75. The maximum Gasteiger partial charge on any atom is 0.407 e. The molecule has 0 aromatic carbocycles. The highest BCUT2D eigenvalue weighted by atomic mass is 19.3. The Labute approximate surface area is 74.5 Å². The topological polar surface area (TPSA) is 52.6 Å². The number of hydrogen-bond acceptors (Lipinski definition) is 2. The van der Waals surface area contributed by atoms with Gasteiger partial charge in [0.2, 0.25) is 0 Å². The fourth-order valence-electron chi connectivity index (χ4n) is 1.36. The molecular formula is C7H12F2N2O2. The molecular weight excluding hydrogens is 182 g/mol. The summed E-state index contributed by atoms with van der Waals surface area (Å²) in [4.78, 5) is 11.7. The number of alkyl halides is 2. The number of halogens is 2. The van der Waals surface area contributed by atoms with Crippen LogP contribution in [0.2, 0.25) is 0 Å². The lowest BCUT2D eigenvalue weighted by atomic mass is 10.3. The van der Waals surface area contributed by atoms with Crippen molar-refractivity contribution in [2.45, 2.75) is 18.9 Å². The third kappa shape index (κ3) is 3.14. The first-order valence-corrected chi connectivity index (χ1v) is 4.09. The summed E-state index contributed by atoms with van der Waals surface area (Å²) in [5, 5.41) is 11.2. The SMILES string of the molecule is O=C(O)N1CC[C@H](NCC(F)F)C1. The van der Waals surface area contributed by atoms with Crippen molar-refractivity contribution in [3.05, 3.63) is 0 Å². The number of amides is 1. The zero-order valence-corrected chi connectivity index (χ0v) is 7.04. The van der Waals surface area contributed by atoms with E-state index < -0.39 is 12.5 Å². The molecule has 0 spiro atoms. The molecule has 2 N–H and O–H groups in total. The average Bonchev–Trinajstić information content (AvgIpc) is 2.48. The van der Waals surface area contributed by atoms with Crippen LogP contribution in [0.3, 0.4) is 0 Å². The Bertz CT molecular complexity index is 189. The summed E-state index contributed by atoms with van der Waals surface area (Å²) in [6.45, 7) is 0.371. The molecule has 76 valence electrons. The number of nitrogens with one attached hydrogen (secondary N) is 1. The van der Waals surface area contributed by atoms with Crippen LogP contribution in [0.5, 0.6) is 0 Å². The molecule has 1 rings (SSSR count). The standard InChI is InChI=1S/C7H12F2N2O2/c8-6(9)3-10-5-1-2-11(4-5)7(12)13/h5-6,10H,1-4H2,(H,12,13)/t5-/m0/s1. The smallest absolute Gasteiger partial charge is 0.407 e. The summed E-state index contributed by atoms with van der Waals surface area (Å²) < 4.78 is 23.5. The summed E-state index contributed by atoms with van der Waals surface area (Å²) in [5.41, 5.74) is 0. The van der Waals surface area contributed by atoms with Gasteiger partial charge >= 0.3 is 6.09 Å². The normalized spacial score (nSPS) is 22.7. The Kier molecular flexibility index (Phi) is 3.41.